The highest BCUT2D eigenvalue weighted by atomic mass is 15.1. The van der Waals surface area contributed by atoms with E-state index in [0.717, 1.165) is 19.5 Å². The second-order valence-electron chi connectivity index (χ2n) is 5.56. The lowest BCUT2D eigenvalue weighted by Gasteiger charge is -2.26. The summed E-state index contributed by atoms with van der Waals surface area (Å²) in [6, 6.07) is 0.390. The van der Waals surface area contributed by atoms with Crippen LogP contribution in [0.25, 0.3) is 0 Å². The molecule has 96 valence electrons. The molecule has 0 fully saturated rings. The van der Waals surface area contributed by atoms with Crippen molar-refractivity contribution in [2.24, 2.45) is 16.1 Å². The van der Waals surface area contributed by atoms with Gasteiger partial charge in [-0.25, -0.2) is 0 Å². The Morgan fingerprint density at radius 2 is 2.00 bits per heavy atom. The average molecular weight is 228 g/mol. The van der Waals surface area contributed by atoms with Crippen molar-refractivity contribution >= 4 is 5.96 Å². The number of aliphatic imine (C=N–C) groups is 1. The smallest absolute Gasteiger partial charge is 0.188 e. The zero-order valence-corrected chi connectivity index (χ0v) is 11.7. The number of nitrogens with two attached hydrogens (primary N) is 1. The minimum absolute atomic E-state index is 0.158. The molecular weight excluding hydrogens is 200 g/mol. The molecule has 1 atom stereocenters. The van der Waals surface area contributed by atoms with E-state index in [9.17, 15) is 0 Å². The number of guanidine groups is 1. The maximum Gasteiger partial charge on any atom is 0.188 e. The molecule has 0 aromatic rings. The molecule has 0 aromatic carbocycles. The third-order valence-electron chi connectivity index (χ3n) is 2.43. The van der Waals surface area contributed by atoms with Crippen LogP contribution < -0.4 is 11.1 Å². The quantitative estimate of drug-likeness (QED) is 0.532. The SMILES string of the molecule is CCC(C)NC(N)=NCC(C)(C)CN(C)C. The second-order valence-corrected chi connectivity index (χ2v) is 5.56. The summed E-state index contributed by atoms with van der Waals surface area (Å²) in [4.78, 5) is 6.57. The molecule has 1 unspecified atom stereocenters. The molecule has 0 spiro atoms. The van der Waals surface area contributed by atoms with Gasteiger partial charge in [-0.1, -0.05) is 20.8 Å². The standard InChI is InChI=1S/C12H28N4/c1-7-10(2)15-11(13)14-8-12(3,4)9-16(5)6/h10H,7-9H2,1-6H3,(H3,13,14,15). The molecule has 0 radical (unpaired) electrons. The zero-order valence-electron chi connectivity index (χ0n) is 11.7. The first-order valence-corrected chi connectivity index (χ1v) is 5.98. The summed E-state index contributed by atoms with van der Waals surface area (Å²) in [7, 11) is 4.15. The van der Waals surface area contributed by atoms with E-state index in [1.807, 2.05) is 0 Å². The lowest BCUT2D eigenvalue weighted by Crippen LogP contribution is -2.39. The van der Waals surface area contributed by atoms with Crippen LogP contribution in [0.3, 0.4) is 0 Å². The Morgan fingerprint density at radius 1 is 1.44 bits per heavy atom. The number of nitrogens with one attached hydrogen (secondary N) is 1. The van der Waals surface area contributed by atoms with Crippen molar-refractivity contribution in [2.75, 3.05) is 27.2 Å². The van der Waals surface area contributed by atoms with Crippen LogP contribution in [0.4, 0.5) is 0 Å². The van der Waals surface area contributed by atoms with Crippen LogP contribution in [0.15, 0.2) is 4.99 Å². The van der Waals surface area contributed by atoms with Crippen LogP contribution in [0.5, 0.6) is 0 Å². The minimum atomic E-state index is 0.158. The largest absolute Gasteiger partial charge is 0.370 e. The predicted octanol–water partition coefficient (Wildman–Crippen LogP) is 1.28. The van der Waals surface area contributed by atoms with Gasteiger partial charge in [0, 0.05) is 19.1 Å². The molecule has 16 heavy (non-hydrogen) atoms. The Balaban J connectivity index is 4.13. The van der Waals surface area contributed by atoms with Gasteiger partial charge >= 0.3 is 0 Å². The van der Waals surface area contributed by atoms with E-state index in [2.05, 4.69) is 57.0 Å². The summed E-state index contributed by atoms with van der Waals surface area (Å²) in [5, 5.41) is 3.17. The van der Waals surface area contributed by atoms with Gasteiger partial charge in [0.05, 0.1) is 0 Å². The monoisotopic (exact) mass is 228 g/mol. The van der Waals surface area contributed by atoms with E-state index in [1.165, 1.54) is 0 Å². The number of rotatable bonds is 6. The third-order valence-corrected chi connectivity index (χ3v) is 2.43. The topological polar surface area (TPSA) is 53.6 Å². The van der Waals surface area contributed by atoms with E-state index in [4.69, 9.17) is 5.73 Å². The molecule has 4 nitrogen and oxygen atoms in total. The van der Waals surface area contributed by atoms with Gasteiger partial charge in [-0.3, -0.25) is 4.99 Å². The van der Waals surface area contributed by atoms with Crippen molar-refractivity contribution in [1.82, 2.24) is 10.2 Å². The number of hydrogen-bond donors (Lipinski definition) is 2. The van der Waals surface area contributed by atoms with Crippen LogP contribution in [-0.2, 0) is 0 Å². The Morgan fingerprint density at radius 3 is 2.44 bits per heavy atom. The minimum Gasteiger partial charge on any atom is -0.370 e. The summed E-state index contributed by atoms with van der Waals surface area (Å²) < 4.78 is 0. The molecular formula is C12H28N4. The fourth-order valence-electron chi connectivity index (χ4n) is 1.61. The summed E-state index contributed by atoms with van der Waals surface area (Å²) in [5.41, 5.74) is 5.97. The molecule has 0 rings (SSSR count). The van der Waals surface area contributed by atoms with Crippen LogP contribution in [0.1, 0.15) is 34.1 Å². The summed E-state index contributed by atoms with van der Waals surface area (Å²) in [5.74, 6) is 0.557. The summed E-state index contributed by atoms with van der Waals surface area (Å²) >= 11 is 0. The maximum absolute atomic E-state index is 5.81. The van der Waals surface area contributed by atoms with Gasteiger partial charge in [0.15, 0.2) is 5.96 Å². The van der Waals surface area contributed by atoms with E-state index in [0.29, 0.717) is 12.0 Å². The van der Waals surface area contributed by atoms with Gasteiger partial charge in [-0.05, 0) is 32.9 Å². The van der Waals surface area contributed by atoms with Crippen molar-refractivity contribution in [3.63, 3.8) is 0 Å². The van der Waals surface area contributed by atoms with E-state index >= 15 is 0 Å². The number of nitrogens with zero attached hydrogens (tertiary/aromatic N) is 2. The van der Waals surface area contributed by atoms with Crippen LogP contribution in [0.2, 0.25) is 0 Å². The highest BCUT2D eigenvalue weighted by Crippen LogP contribution is 2.15. The first-order valence-electron chi connectivity index (χ1n) is 5.98. The lowest BCUT2D eigenvalue weighted by molar-refractivity contribution is 0.249. The van der Waals surface area contributed by atoms with E-state index in [1.54, 1.807) is 0 Å². The molecule has 0 aromatic heterocycles. The molecule has 0 aliphatic carbocycles. The van der Waals surface area contributed by atoms with Gasteiger partial charge in [0.25, 0.3) is 0 Å². The van der Waals surface area contributed by atoms with Gasteiger partial charge < -0.3 is 16.0 Å². The van der Waals surface area contributed by atoms with Crippen LogP contribution in [0, 0.1) is 5.41 Å². The van der Waals surface area contributed by atoms with Gasteiger partial charge in [-0.15, -0.1) is 0 Å². The fourth-order valence-corrected chi connectivity index (χ4v) is 1.61. The maximum atomic E-state index is 5.81. The molecule has 0 aliphatic heterocycles. The Bertz CT molecular complexity index is 221. The van der Waals surface area contributed by atoms with Crippen molar-refractivity contribution < 1.29 is 0 Å². The molecule has 0 bridgehead atoms. The molecule has 4 heteroatoms. The molecule has 0 heterocycles. The van der Waals surface area contributed by atoms with Crippen molar-refractivity contribution in [1.29, 1.82) is 0 Å². The van der Waals surface area contributed by atoms with Crippen molar-refractivity contribution in [3.05, 3.63) is 0 Å². The van der Waals surface area contributed by atoms with Crippen molar-refractivity contribution in [2.45, 2.75) is 40.2 Å². The Labute approximate surface area is 100 Å². The first kappa shape index (κ1) is 15.2. The first-order chi connectivity index (χ1) is 7.26. The van der Waals surface area contributed by atoms with Crippen LogP contribution in [-0.4, -0.2) is 44.1 Å². The second kappa shape index (κ2) is 6.74. The van der Waals surface area contributed by atoms with Gasteiger partial charge in [-0.2, -0.15) is 0 Å². The Hall–Kier alpha value is -0.770. The number of hydrogen-bond acceptors (Lipinski definition) is 2. The van der Waals surface area contributed by atoms with Gasteiger partial charge in [0.2, 0.25) is 0 Å². The Kier molecular flexibility index (Phi) is 6.41. The fraction of sp³-hybridized carbons (Fsp3) is 0.917. The zero-order chi connectivity index (χ0) is 12.8. The van der Waals surface area contributed by atoms with Crippen LogP contribution >= 0.6 is 0 Å². The highest BCUT2D eigenvalue weighted by molar-refractivity contribution is 5.78. The average Bonchev–Trinajstić information content (AvgIpc) is 2.13. The van der Waals surface area contributed by atoms with E-state index < -0.39 is 0 Å². The van der Waals surface area contributed by atoms with Gasteiger partial charge in [0.1, 0.15) is 0 Å². The molecule has 0 saturated carbocycles. The molecule has 0 saturated heterocycles. The van der Waals surface area contributed by atoms with E-state index in [-0.39, 0.29) is 5.41 Å². The summed E-state index contributed by atoms with van der Waals surface area (Å²) in [6.45, 7) is 10.4. The normalized spacial score (nSPS) is 15.3. The molecule has 3 N–H and O–H groups in total. The third kappa shape index (κ3) is 7.51. The van der Waals surface area contributed by atoms with Crippen molar-refractivity contribution in [3.8, 4) is 0 Å². The highest BCUT2D eigenvalue weighted by Gasteiger charge is 2.18. The predicted molar refractivity (Wildman–Crippen MR) is 71.7 cm³/mol. The lowest BCUT2D eigenvalue weighted by atomic mass is 9.93. The summed E-state index contributed by atoms with van der Waals surface area (Å²) in [6.07, 6.45) is 1.05. The molecule has 0 amide bonds. The molecule has 0 aliphatic rings.